The van der Waals surface area contributed by atoms with Gasteiger partial charge in [0, 0.05) is 0 Å². The fraction of sp³-hybridized carbons (Fsp3) is 0.333. The number of nitrogens with zero attached hydrogens (tertiary/aromatic N) is 1. The summed E-state index contributed by atoms with van der Waals surface area (Å²) >= 11 is 0. The third-order valence-corrected chi connectivity index (χ3v) is 0.419. The second kappa shape index (κ2) is 5.01. The first-order chi connectivity index (χ1) is 3.66. The van der Waals surface area contributed by atoms with Crippen molar-refractivity contribution in [3.63, 3.8) is 0 Å². The smallest absolute Gasteiger partial charge is 0.325 e. The maximum atomic E-state index is 9.61. The van der Waals surface area contributed by atoms with Crippen LogP contribution < -0.4 is 0 Å². The van der Waals surface area contributed by atoms with Crippen molar-refractivity contribution in [2.24, 2.45) is 0 Å². The number of hydroxylamine groups is 2. The van der Waals surface area contributed by atoms with E-state index in [4.69, 9.17) is 10.3 Å². The molecule has 0 bridgehead atoms. The fourth-order valence-corrected chi connectivity index (χ4v) is 0.176. The molecule has 6 heteroatoms. The summed E-state index contributed by atoms with van der Waals surface area (Å²) in [5, 5.41) is 16.0. The molecule has 0 saturated heterocycles. The summed E-state index contributed by atoms with van der Waals surface area (Å²) < 4.78 is 0. The first kappa shape index (κ1) is 10.8. The highest BCUT2D eigenvalue weighted by molar-refractivity contribution is 5.71. The van der Waals surface area contributed by atoms with Crippen molar-refractivity contribution in [2.75, 3.05) is 6.54 Å². The Bertz CT molecular complexity index is 102. The Labute approximate surface area is 50.6 Å². The number of carboxylic acids is 1. The molecule has 0 aliphatic carbocycles. The molecule has 0 aromatic rings. The Morgan fingerprint density at radius 1 is 1.67 bits per heavy atom. The van der Waals surface area contributed by atoms with Gasteiger partial charge in [0.25, 0.3) is 0 Å². The summed E-state index contributed by atoms with van der Waals surface area (Å²) in [6.45, 7) is -0.677. The quantitative estimate of drug-likeness (QED) is 0.269. The van der Waals surface area contributed by atoms with Crippen molar-refractivity contribution >= 4 is 12.4 Å². The van der Waals surface area contributed by atoms with Crippen LogP contribution in [0.25, 0.3) is 0 Å². The van der Waals surface area contributed by atoms with Gasteiger partial charge in [0.1, 0.15) is 6.54 Å². The minimum atomic E-state index is -1.25. The van der Waals surface area contributed by atoms with Gasteiger partial charge in [-0.25, -0.2) is 5.06 Å². The third kappa shape index (κ3) is 6.86. The molecule has 0 heterocycles. The van der Waals surface area contributed by atoms with E-state index >= 15 is 0 Å². The number of aliphatic carboxylic acids is 1. The number of hydrogen-bond acceptors (Lipinski definition) is 3. The molecule has 0 spiro atoms. The molecule has 0 atom stereocenters. The molecule has 0 saturated carbocycles. The van der Waals surface area contributed by atoms with Gasteiger partial charge in [-0.2, -0.15) is 0 Å². The predicted octanol–water partition coefficient (Wildman–Crippen LogP) is -1.91. The van der Waals surface area contributed by atoms with Gasteiger partial charge in [-0.1, -0.05) is 0 Å². The Morgan fingerprint density at radius 2 is 2.11 bits per heavy atom. The summed E-state index contributed by atoms with van der Waals surface area (Å²) in [7, 11) is 0. The number of carboxylic acid groups (broad SMARTS) is 1. The lowest BCUT2D eigenvalue weighted by atomic mass is 10.7. The van der Waals surface area contributed by atoms with E-state index in [9.17, 15) is 9.59 Å². The maximum Gasteiger partial charge on any atom is 0.325 e. The standard InChI is InChI=1S/C3H5NO4.H2O/c5-2-4(8)1-3(6)7;/h2,8H,1H2,(H,6,7);1H2. The van der Waals surface area contributed by atoms with Crippen LogP contribution in [-0.2, 0) is 9.59 Å². The molecule has 1 amide bonds. The lowest BCUT2D eigenvalue weighted by molar-refractivity contribution is -0.162. The molecule has 0 aromatic heterocycles. The van der Waals surface area contributed by atoms with Gasteiger partial charge in [0.05, 0.1) is 0 Å². The molecule has 54 valence electrons. The number of carbonyl (C=O) groups excluding carboxylic acids is 1. The van der Waals surface area contributed by atoms with Crippen molar-refractivity contribution in [1.82, 2.24) is 5.06 Å². The van der Waals surface area contributed by atoms with Crippen LogP contribution in [0.15, 0.2) is 0 Å². The minimum absolute atomic E-state index is 0. The summed E-state index contributed by atoms with van der Waals surface area (Å²) in [5.41, 5.74) is 0. The van der Waals surface area contributed by atoms with Gasteiger partial charge in [-0.05, 0) is 0 Å². The molecular formula is C3H7NO5. The Morgan fingerprint density at radius 3 is 2.22 bits per heavy atom. The number of rotatable bonds is 3. The van der Waals surface area contributed by atoms with Crippen LogP contribution in [0.3, 0.4) is 0 Å². The first-order valence-electron chi connectivity index (χ1n) is 1.79. The molecule has 9 heavy (non-hydrogen) atoms. The zero-order chi connectivity index (χ0) is 6.57. The van der Waals surface area contributed by atoms with Crippen molar-refractivity contribution in [3.05, 3.63) is 0 Å². The highest BCUT2D eigenvalue weighted by atomic mass is 16.5. The van der Waals surface area contributed by atoms with E-state index in [1.807, 2.05) is 0 Å². The molecule has 0 aliphatic heterocycles. The molecule has 0 aromatic carbocycles. The molecule has 4 N–H and O–H groups in total. The van der Waals surface area contributed by atoms with Crippen LogP contribution in [-0.4, -0.2) is 39.8 Å². The van der Waals surface area contributed by atoms with E-state index < -0.39 is 12.5 Å². The summed E-state index contributed by atoms with van der Waals surface area (Å²) in [5.74, 6) is -1.25. The first-order valence-corrected chi connectivity index (χ1v) is 1.79. The van der Waals surface area contributed by atoms with E-state index in [0.29, 0.717) is 0 Å². The molecule has 0 unspecified atom stereocenters. The topological polar surface area (TPSA) is 109 Å². The average Bonchev–Trinajstić information content (AvgIpc) is 1.65. The largest absolute Gasteiger partial charge is 0.480 e. The Hall–Kier alpha value is -1.14. The number of amides is 1. The van der Waals surface area contributed by atoms with E-state index in [-0.39, 0.29) is 16.9 Å². The molecule has 0 radical (unpaired) electrons. The lowest BCUT2D eigenvalue weighted by Crippen LogP contribution is -2.24. The van der Waals surface area contributed by atoms with Crippen LogP contribution in [0.4, 0.5) is 0 Å². The Kier molecular flexibility index (Phi) is 5.99. The minimum Gasteiger partial charge on any atom is -0.480 e. The zero-order valence-corrected chi connectivity index (χ0v) is 4.44. The highest BCUT2D eigenvalue weighted by Crippen LogP contribution is 1.70. The summed E-state index contributed by atoms with van der Waals surface area (Å²) in [6.07, 6.45) is 0.0219. The molecule has 0 fully saturated rings. The van der Waals surface area contributed by atoms with Gasteiger partial charge in [0.15, 0.2) is 0 Å². The van der Waals surface area contributed by atoms with Crippen LogP contribution in [0.2, 0.25) is 0 Å². The maximum absolute atomic E-state index is 9.61. The van der Waals surface area contributed by atoms with Crippen molar-refractivity contribution in [3.8, 4) is 0 Å². The molecule has 0 rings (SSSR count). The monoisotopic (exact) mass is 137 g/mol. The van der Waals surface area contributed by atoms with E-state index in [2.05, 4.69) is 0 Å². The van der Waals surface area contributed by atoms with Gasteiger partial charge in [0.2, 0.25) is 6.41 Å². The molecule has 0 aliphatic rings. The van der Waals surface area contributed by atoms with Crippen LogP contribution in [0.1, 0.15) is 0 Å². The second-order valence-corrected chi connectivity index (χ2v) is 1.10. The molecular weight excluding hydrogens is 130 g/mol. The van der Waals surface area contributed by atoms with Crippen molar-refractivity contribution in [1.29, 1.82) is 0 Å². The zero-order valence-electron chi connectivity index (χ0n) is 4.44. The third-order valence-electron chi connectivity index (χ3n) is 0.419. The summed E-state index contributed by atoms with van der Waals surface area (Å²) in [4.78, 5) is 19.1. The lowest BCUT2D eigenvalue weighted by Gasteiger charge is -2.01. The van der Waals surface area contributed by atoms with Crippen LogP contribution in [0, 0.1) is 0 Å². The van der Waals surface area contributed by atoms with Gasteiger partial charge in [-0.15, -0.1) is 0 Å². The van der Waals surface area contributed by atoms with Gasteiger partial charge >= 0.3 is 5.97 Å². The summed E-state index contributed by atoms with van der Waals surface area (Å²) in [6, 6.07) is 0. The number of hydrogen-bond donors (Lipinski definition) is 2. The predicted molar refractivity (Wildman–Crippen MR) is 25.8 cm³/mol. The second-order valence-electron chi connectivity index (χ2n) is 1.10. The fourth-order valence-electron chi connectivity index (χ4n) is 0.176. The van der Waals surface area contributed by atoms with Crippen molar-refractivity contribution in [2.45, 2.75) is 0 Å². The number of carbonyl (C=O) groups is 2. The SMILES string of the molecule is O.O=CN(O)CC(=O)O. The normalized spacial score (nSPS) is 7.22. The van der Waals surface area contributed by atoms with Crippen LogP contribution >= 0.6 is 0 Å². The van der Waals surface area contributed by atoms with Gasteiger partial charge < -0.3 is 10.6 Å². The van der Waals surface area contributed by atoms with E-state index in [0.717, 1.165) is 0 Å². The Balaban J connectivity index is 0. The average molecular weight is 137 g/mol. The highest BCUT2D eigenvalue weighted by Gasteiger charge is 2.00. The molecule has 6 nitrogen and oxygen atoms in total. The van der Waals surface area contributed by atoms with E-state index in [1.165, 1.54) is 0 Å². The van der Waals surface area contributed by atoms with E-state index in [1.54, 1.807) is 0 Å². The van der Waals surface area contributed by atoms with Crippen molar-refractivity contribution < 1.29 is 25.4 Å². The van der Waals surface area contributed by atoms with Gasteiger partial charge in [-0.3, -0.25) is 14.8 Å². The van der Waals surface area contributed by atoms with Crippen LogP contribution in [0.5, 0.6) is 0 Å².